The van der Waals surface area contributed by atoms with Crippen molar-refractivity contribution in [3.05, 3.63) is 41.2 Å². The maximum Gasteiger partial charge on any atom is 0.136 e. The van der Waals surface area contributed by atoms with E-state index in [2.05, 4.69) is 15.0 Å². The Balaban J connectivity index is 2.67. The third-order valence-electron chi connectivity index (χ3n) is 1.53. The van der Waals surface area contributed by atoms with E-state index in [1.807, 2.05) is 0 Å². The van der Waals surface area contributed by atoms with E-state index in [1.54, 1.807) is 35.1 Å². The molecule has 2 aromatic heterocycles. The summed E-state index contributed by atoms with van der Waals surface area (Å²) >= 11 is 0. The molecule has 0 aliphatic rings. The molecule has 2 heterocycles. The largest absolute Gasteiger partial charge is 0.307 e. The predicted octanol–water partition coefficient (Wildman–Crippen LogP) is 2.28. The molecule has 0 saturated heterocycles. The van der Waals surface area contributed by atoms with Gasteiger partial charge in [0, 0.05) is 23.5 Å². The standard InChI is InChI=1S/C7H5N5/c8-11-10-6-1-2-7-9-3-4-12(7)5-6/h1-5H. The molecule has 0 bridgehead atoms. The van der Waals surface area contributed by atoms with Gasteiger partial charge in [-0.2, -0.15) is 0 Å². The van der Waals surface area contributed by atoms with Crippen molar-refractivity contribution >= 4 is 11.3 Å². The van der Waals surface area contributed by atoms with Crippen LogP contribution in [0.1, 0.15) is 0 Å². The van der Waals surface area contributed by atoms with Gasteiger partial charge in [-0.15, -0.1) is 0 Å². The lowest BCUT2D eigenvalue weighted by Gasteiger charge is -1.93. The SMILES string of the molecule is [N-]=[N+]=Nc1ccc2nccn2c1. The van der Waals surface area contributed by atoms with Gasteiger partial charge in [0.2, 0.25) is 0 Å². The smallest absolute Gasteiger partial charge is 0.136 e. The number of fused-ring (bicyclic) bond motifs is 1. The van der Waals surface area contributed by atoms with Gasteiger partial charge in [0.05, 0.1) is 5.69 Å². The summed E-state index contributed by atoms with van der Waals surface area (Å²) in [7, 11) is 0. The highest BCUT2D eigenvalue weighted by atomic mass is 15.1. The Kier molecular flexibility index (Phi) is 1.43. The van der Waals surface area contributed by atoms with Crippen molar-refractivity contribution in [2.75, 3.05) is 0 Å². The molecule has 0 unspecified atom stereocenters. The van der Waals surface area contributed by atoms with Gasteiger partial charge in [-0.05, 0) is 17.7 Å². The highest BCUT2D eigenvalue weighted by Crippen LogP contribution is 2.12. The van der Waals surface area contributed by atoms with Gasteiger partial charge in [0.15, 0.2) is 0 Å². The summed E-state index contributed by atoms with van der Waals surface area (Å²) in [4.78, 5) is 6.74. The molecule has 0 aliphatic heterocycles. The molecule has 0 amide bonds. The number of azide groups is 1. The van der Waals surface area contributed by atoms with Crippen LogP contribution in [0.4, 0.5) is 5.69 Å². The molecule has 5 heteroatoms. The third kappa shape index (κ3) is 0.980. The van der Waals surface area contributed by atoms with Crippen molar-refractivity contribution in [3.63, 3.8) is 0 Å². The summed E-state index contributed by atoms with van der Waals surface area (Å²) in [5.41, 5.74) is 9.60. The van der Waals surface area contributed by atoms with Gasteiger partial charge in [-0.1, -0.05) is 5.11 Å². The van der Waals surface area contributed by atoms with Crippen molar-refractivity contribution < 1.29 is 0 Å². The molecule has 0 atom stereocenters. The van der Waals surface area contributed by atoms with Crippen LogP contribution in [-0.4, -0.2) is 9.38 Å². The number of imidazole rings is 1. The Bertz CT molecular complexity index is 452. The number of pyridine rings is 1. The molecule has 0 radical (unpaired) electrons. The molecule has 0 spiro atoms. The first-order valence-corrected chi connectivity index (χ1v) is 3.38. The highest BCUT2D eigenvalue weighted by Gasteiger charge is 1.92. The number of hydrogen-bond donors (Lipinski definition) is 0. The van der Waals surface area contributed by atoms with Gasteiger partial charge in [-0.25, -0.2) is 4.98 Å². The van der Waals surface area contributed by atoms with Crippen LogP contribution in [0.15, 0.2) is 35.8 Å². The van der Waals surface area contributed by atoms with Crippen molar-refractivity contribution in [2.24, 2.45) is 5.11 Å². The monoisotopic (exact) mass is 159 g/mol. The van der Waals surface area contributed by atoms with Gasteiger partial charge in [-0.3, -0.25) is 0 Å². The first kappa shape index (κ1) is 6.69. The fraction of sp³-hybridized carbons (Fsp3) is 0. The Morgan fingerprint density at radius 3 is 3.25 bits per heavy atom. The van der Waals surface area contributed by atoms with E-state index in [0.717, 1.165) is 5.65 Å². The van der Waals surface area contributed by atoms with E-state index in [0.29, 0.717) is 5.69 Å². The molecule has 0 aliphatic carbocycles. The molecule has 5 nitrogen and oxygen atoms in total. The number of rotatable bonds is 1. The van der Waals surface area contributed by atoms with Crippen LogP contribution in [0.3, 0.4) is 0 Å². The lowest BCUT2D eigenvalue weighted by Crippen LogP contribution is -1.79. The Labute approximate surface area is 67.9 Å². The molecule has 0 aromatic carbocycles. The minimum atomic E-state index is 0.586. The summed E-state index contributed by atoms with van der Waals surface area (Å²) < 4.78 is 1.80. The van der Waals surface area contributed by atoms with E-state index < -0.39 is 0 Å². The van der Waals surface area contributed by atoms with Crippen molar-refractivity contribution in [1.29, 1.82) is 0 Å². The zero-order valence-electron chi connectivity index (χ0n) is 6.12. The zero-order valence-corrected chi connectivity index (χ0v) is 6.12. The van der Waals surface area contributed by atoms with Crippen LogP contribution in [0.25, 0.3) is 16.1 Å². The maximum absolute atomic E-state index is 8.18. The topological polar surface area (TPSA) is 66.1 Å². The first-order valence-electron chi connectivity index (χ1n) is 3.38. The molecule has 2 rings (SSSR count). The van der Waals surface area contributed by atoms with Crippen LogP contribution < -0.4 is 0 Å². The molecule has 0 saturated carbocycles. The molecule has 2 aromatic rings. The summed E-state index contributed by atoms with van der Waals surface area (Å²) in [5.74, 6) is 0. The third-order valence-corrected chi connectivity index (χ3v) is 1.53. The Morgan fingerprint density at radius 2 is 2.42 bits per heavy atom. The lowest BCUT2D eigenvalue weighted by molar-refractivity contribution is 1.18. The fourth-order valence-electron chi connectivity index (χ4n) is 1.02. The fourth-order valence-corrected chi connectivity index (χ4v) is 1.02. The molecule has 58 valence electrons. The van der Waals surface area contributed by atoms with Crippen molar-refractivity contribution in [1.82, 2.24) is 9.38 Å². The van der Waals surface area contributed by atoms with Crippen LogP contribution in [-0.2, 0) is 0 Å². The highest BCUT2D eigenvalue weighted by molar-refractivity contribution is 5.46. The van der Waals surface area contributed by atoms with E-state index in [-0.39, 0.29) is 0 Å². The first-order chi connectivity index (χ1) is 5.90. The maximum atomic E-state index is 8.18. The van der Waals surface area contributed by atoms with E-state index in [4.69, 9.17) is 5.53 Å². The quantitative estimate of drug-likeness (QED) is 0.357. The summed E-state index contributed by atoms with van der Waals surface area (Å²) in [5, 5.41) is 3.47. The summed E-state index contributed by atoms with van der Waals surface area (Å²) in [6.45, 7) is 0. The summed E-state index contributed by atoms with van der Waals surface area (Å²) in [6, 6.07) is 3.52. The van der Waals surface area contributed by atoms with E-state index in [1.165, 1.54) is 0 Å². The number of nitrogens with zero attached hydrogens (tertiary/aromatic N) is 5. The lowest BCUT2D eigenvalue weighted by atomic mass is 10.4. The normalized spacial score (nSPS) is 9.67. The molecular formula is C7H5N5. The zero-order chi connectivity index (χ0) is 8.39. The molecular weight excluding hydrogens is 154 g/mol. The second-order valence-corrected chi connectivity index (χ2v) is 2.27. The van der Waals surface area contributed by atoms with Crippen molar-refractivity contribution in [2.45, 2.75) is 0 Å². The van der Waals surface area contributed by atoms with Gasteiger partial charge < -0.3 is 4.40 Å². The van der Waals surface area contributed by atoms with Crippen LogP contribution in [0.2, 0.25) is 0 Å². The van der Waals surface area contributed by atoms with Gasteiger partial charge in [0.25, 0.3) is 0 Å². The number of hydrogen-bond acceptors (Lipinski definition) is 2. The minimum absolute atomic E-state index is 0.586. The average Bonchev–Trinajstić information content (AvgIpc) is 2.51. The Hall–Kier alpha value is -2.00. The second-order valence-electron chi connectivity index (χ2n) is 2.27. The van der Waals surface area contributed by atoms with E-state index in [9.17, 15) is 0 Å². The van der Waals surface area contributed by atoms with E-state index >= 15 is 0 Å². The Morgan fingerprint density at radius 1 is 1.50 bits per heavy atom. The van der Waals surface area contributed by atoms with Crippen molar-refractivity contribution in [3.8, 4) is 0 Å². The average molecular weight is 159 g/mol. The molecule has 0 fully saturated rings. The summed E-state index contributed by atoms with van der Waals surface area (Å²) in [6.07, 6.45) is 5.21. The van der Waals surface area contributed by atoms with Gasteiger partial charge >= 0.3 is 0 Å². The molecule has 12 heavy (non-hydrogen) atoms. The van der Waals surface area contributed by atoms with Crippen LogP contribution >= 0.6 is 0 Å². The molecule has 0 N–H and O–H groups in total. The van der Waals surface area contributed by atoms with Crippen LogP contribution in [0.5, 0.6) is 0 Å². The predicted molar refractivity (Wildman–Crippen MR) is 44.0 cm³/mol. The van der Waals surface area contributed by atoms with Crippen LogP contribution in [0, 0.1) is 0 Å². The van der Waals surface area contributed by atoms with Gasteiger partial charge in [0.1, 0.15) is 5.65 Å². The second kappa shape index (κ2) is 2.56. The minimum Gasteiger partial charge on any atom is -0.307 e. The number of aromatic nitrogens is 2.